The zero-order chi connectivity index (χ0) is 30.3. The minimum absolute atomic E-state index is 0.725. The number of hydrogen-bond donors (Lipinski definition) is 2. The highest BCUT2D eigenvalue weighted by atomic mass is 31.2. The molecule has 0 aliphatic heterocycles. The number of nitrogens with zero attached hydrogens (tertiary/aromatic N) is 2. The first-order valence-electron chi connectivity index (χ1n) is 13.4. The van der Waals surface area contributed by atoms with Crippen LogP contribution in [0.25, 0.3) is 11.1 Å². The van der Waals surface area contributed by atoms with E-state index in [1.165, 1.54) is 0 Å². The maximum atomic E-state index is 12.7. The molecule has 4 aromatic carbocycles. The number of carboxylic acid groups (broad SMARTS) is 1. The van der Waals surface area contributed by atoms with Crippen LogP contribution in [0, 0.1) is 0 Å². The van der Waals surface area contributed by atoms with E-state index in [1.807, 2.05) is 147 Å². The normalized spacial score (nSPS) is 14.1. The number of rotatable bonds is 11. The fourth-order valence-corrected chi connectivity index (χ4v) is 5.02. The summed E-state index contributed by atoms with van der Waals surface area (Å²) in [7, 11) is 2.80. The third-order valence-corrected chi connectivity index (χ3v) is 7.74. The van der Waals surface area contributed by atoms with E-state index in [9.17, 15) is 19.4 Å². The van der Waals surface area contributed by atoms with Gasteiger partial charge in [-0.1, -0.05) is 84.9 Å². The Bertz CT molecular complexity index is 1490. The summed E-state index contributed by atoms with van der Waals surface area (Å²) >= 11 is 0. The summed E-state index contributed by atoms with van der Waals surface area (Å²) in [5.74, 6) is 0. The zero-order valence-corrected chi connectivity index (χ0v) is 25.0. The van der Waals surface area contributed by atoms with E-state index in [0.29, 0.717) is 0 Å². The van der Waals surface area contributed by atoms with Gasteiger partial charge >= 0.3 is 13.3 Å². The highest BCUT2D eigenvalue weighted by Gasteiger charge is 2.33. The van der Waals surface area contributed by atoms with Gasteiger partial charge in [-0.05, 0) is 69.8 Å². The lowest BCUT2D eigenvalue weighted by Crippen LogP contribution is -2.12. The van der Waals surface area contributed by atoms with Crippen molar-refractivity contribution >= 4 is 35.8 Å². The van der Waals surface area contributed by atoms with Crippen molar-refractivity contribution in [1.29, 1.82) is 0 Å². The van der Waals surface area contributed by atoms with Crippen LogP contribution in [-0.4, -0.2) is 50.0 Å². The maximum absolute atomic E-state index is 12.7. The molecule has 0 amide bonds. The van der Waals surface area contributed by atoms with E-state index in [-0.39, 0.29) is 0 Å². The number of benzene rings is 4. The van der Waals surface area contributed by atoms with E-state index in [2.05, 4.69) is 0 Å². The van der Waals surface area contributed by atoms with Crippen LogP contribution in [0.1, 0.15) is 22.3 Å². The standard InChI is InChI=1S/C34H35N2O5P/c1-35(2)29-19-15-27(16-20-29)32(25-11-7-5-8-12-25)23-31(41-42(39,40)34(37)38)24-33(26-13-9-6-10-14-26)28-17-21-30(22-18-28)36(3)4/h5-24,31H,1-4H3,(H,37,38)(H,39,40). The third kappa shape index (κ3) is 7.65. The molecule has 0 aliphatic rings. The van der Waals surface area contributed by atoms with Crippen LogP contribution >= 0.6 is 7.60 Å². The number of hydrogen-bond acceptors (Lipinski definition) is 5. The molecule has 42 heavy (non-hydrogen) atoms. The van der Waals surface area contributed by atoms with Crippen LogP contribution in [0.15, 0.2) is 121 Å². The molecule has 0 aromatic heterocycles. The van der Waals surface area contributed by atoms with Crippen LogP contribution in [0.2, 0.25) is 0 Å². The molecular weight excluding hydrogens is 547 g/mol. The fourth-order valence-electron chi connectivity index (χ4n) is 4.48. The van der Waals surface area contributed by atoms with Gasteiger partial charge in [0.05, 0.1) is 0 Å². The van der Waals surface area contributed by atoms with Gasteiger partial charge in [0, 0.05) is 39.6 Å². The molecular formula is C34H35N2O5P. The molecule has 8 heteroatoms. The minimum Gasteiger partial charge on any atom is -0.472 e. The average molecular weight is 583 g/mol. The molecule has 0 saturated heterocycles. The largest absolute Gasteiger partial charge is 0.472 e. The summed E-state index contributed by atoms with van der Waals surface area (Å²) in [6, 6.07) is 34.9. The summed E-state index contributed by atoms with van der Waals surface area (Å²) in [5, 5.41) is 9.50. The quantitative estimate of drug-likeness (QED) is 0.176. The molecule has 0 fully saturated rings. The average Bonchev–Trinajstić information content (AvgIpc) is 2.99. The molecule has 1 unspecified atom stereocenters. The van der Waals surface area contributed by atoms with Gasteiger partial charge in [-0.25, -0.2) is 9.36 Å². The van der Waals surface area contributed by atoms with Gasteiger partial charge in [0.25, 0.3) is 0 Å². The van der Waals surface area contributed by atoms with Crippen molar-refractivity contribution in [1.82, 2.24) is 0 Å². The molecule has 0 aliphatic carbocycles. The van der Waals surface area contributed by atoms with Crippen molar-refractivity contribution < 1.29 is 23.9 Å². The topological polar surface area (TPSA) is 90.3 Å². The van der Waals surface area contributed by atoms with E-state index in [1.54, 1.807) is 12.2 Å². The molecule has 7 nitrogen and oxygen atoms in total. The second-order valence-electron chi connectivity index (χ2n) is 10.1. The lowest BCUT2D eigenvalue weighted by molar-refractivity contribution is 0.192. The van der Waals surface area contributed by atoms with E-state index < -0.39 is 19.4 Å². The lowest BCUT2D eigenvalue weighted by atomic mass is 9.93. The summed E-state index contributed by atoms with van der Waals surface area (Å²) in [4.78, 5) is 26.0. The van der Waals surface area contributed by atoms with Gasteiger partial charge in [0.15, 0.2) is 0 Å². The predicted octanol–water partition coefficient (Wildman–Crippen LogP) is 7.63. The van der Waals surface area contributed by atoms with Gasteiger partial charge in [0.2, 0.25) is 0 Å². The molecule has 0 bridgehead atoms. The SMILES string of the molecule is CN(C)c1ccc(C(=CC(C=C(c2ccccc2)c2ccc(N(C)C)cc2)OP(=O)(O)C(=O)O)c2ccccc2)cc1. The van der Waals surface area contributed by atoms with Crippen LogP contribution in [0.4, 0.5) is 16.2 Å². The summed E-state index contributed by atoms with van der Waals surface area (Å²) < 4.78 is 18.2. The predicted molar refractivity (Wildman–Crippen MR) is 171 cm³/mol. The summed E-state index contributed by atoms with van der Waals surface area (Å²) in [5.41, 5.74) is 4.93. The van der Waals surface area contributed by atoms with Crippen LogP contribution in [-0.2, 0) is 9.09 Å². The Kier molecular flexibility index (Phi) is 9.81. The molecule has 0 saturated carbocycles. The Hall–Kier alpha value is -4.42. The Morgan fingerprint density at radius 2 is 0.976 bits per heavy atom. The Balaban J connectivity index is 1.94. The molecule has 0 radical (unpaired) electrons. The Morgan fingerprint density at radius 1 is 0.643 bits per heavy atom. The molecule has 216 valence electrons. The minimum atomic E-state index is -5.03. The molecule has 1 atom stereocenters. The van der Waals surface area contributed by atoms with Crippen LogP contribution < -0.4 is 9.80 Å². The number of anilines is 2. The first-order valence-corrected chi connectivity index (χ1v) is 15.0. The summed E-state index contributed by atoms with van der Waals surface area (Å²) in [6.07, 6.45) is 2.22. The van der Waals surface area contributed by atoms with Crippen molar-refractivity contribution in [3.8, 4) is 0 Å². The fraction of sp³-hybridized carbons (Fsp3) is 0.147. The van der Waals surface area contributed by atoms with E-state index >= 15 is 0 Å². The first kappa shape index (κ1) is 30.5. The molecule has 2 N–H and O–H groups in total. The summed E-state index contributed by atoms with van der Waals surface area (Å²) in [6.45, 7) is 0. The highest BCUT2D eigenvalue weighted by Crippen LogP contribution is 2.45. The molecule has 4 aromatic rings. The highest BCUT2D eigenvalue weighted by molar-refractivity contribution is 7.70. The van der Waals surface area contributed by atoms with Crippen LogP contribution in [0.3, 0.4) is 0 Å². The van der Waals surface area contributed by atoms with Gasteiger partial charge in [-0.3, -0.25) is 4.52 Å². The van der Waals surface area contributed by atoms with Gasteiger partial charge < -0.3 is 19.8 Å². The zero-order valence-electron chi connectivity index (χ0n) is 24.1. The number of carbonyl (C=O) groups is 1. The smallest absolute Gasteiger partial charge is 0.436 e. The molecule has 4 rings (SSSR count). The Morgan fingerprint density at radius 3 is 1.29 bits per heavy atom. The molecule has 0 heterocycles. The Labute approximate surface area is 247 Å². The second kappa shape index (κ2) is 13.5. The first-order chi connectivity index (χ1) is 20.0. The van der Waals surface area contributed by atoms with Crippen molar-refractivity contribution in [2.24, 2.45) is 0 Å². The van der Waals surface area contributed by atoms with Crippen molar-refractivity contribution in [3.05, 3.63) is 144 Å². The monoisotopic (exact) mass is 582 g/mol. The maximum Gasteiger partial charge on any atom is 0.436 e. The molecule has 0 spiro atoms. The van der Waals surface area contributed by atoms with Crippen LogP contribution in [0.5, 0.6) is 0 Å². The lowest BCUT2D eigenvalue weighted by Gasteiger charge is -2.19. The second-order valence-corrected chi connectivity index (χ2v) is 11.8. The van der Waals surface area contributed by atoms with E-state index in [4.69, 9.17) is 4.52 Å². The van der Waals surface area contributed by atoms with Gasteiger partial charge in [-0.2, -0.15) is 0 Å². The van der Waals surface area contributed by atoms with Crippen molar-refractivity contribution in [2.45, 2.75) is 6.10 Å². The third-order valence-electron chi connectivity index (χ3n) is 6.73. The van der Waals surface area contributed by atoms with Gasteiger partial charge in [-0.15, -0.1) is 0 Å². The van der Waals surface area contributed by atoms with Gasteiger partial charge in [0.1, 0.15) is 6.10 Å². The van der Waals surface area contributed by atoms with Crippen molar-refractivity contribution in [2.75, 3.05) is 38.0 Å². The van der Waals surface area contributed by atoms with E-state index in [0.717, 1.165) is 44.8 Å². The van der Waals surface area contributed by atoms with Crippen molar-refractivity contribution in [3.63, 3.8) is 0 Å².